The lowest BCUT2D eigenvalue weighted by Gasteiger charge is -2.21. The Bertz CT molecular complexity index is 359. The van der Waals surface area contributed by atoms with Crippen LogP contribution in [0.25, 0.3) is 0 Å². The first kappa shape index (κ1) is 19.5. The van der Waals surface area contributed by atoms with Crippen LogP contribution >= 0.6 is 0 Å². The van der Waals surface area contributed by atoms with Crippen molar-refractivity contribution in [3.05, 3.63) is 0 Å². The third-order valence-electron chi connectivity index (χ3n) is 4.64. The predicted molar refractivity (Wildman–Crippen MR) is 101 cm³/mol. The molecule has 6 heteroatoms. The van der Waals surface area contributed by atoms with Crippen LogP contribution in [0, 0.1) is 5.92 Å². The van der Waals surface area contributed by atoms with Crippen LogP contribution < -0.4 is 10.6 Å². The molecule has 2 aliphatic rings. The van der Waals surface area contributed by atoms with Gasteiger partial charge >= 0.3 is 0 Å². The zero-order valence-electron chi connectivity index (χ0n) is 15.7. The Balaban J connectivity index is 1.55. The highest BCUT2D eigenvalue weighted by molar-refractivity contribution is 5.79. The molecule has 0 spiro atoms. The number of rotatable bonds is 10. The molecule has 1 aliphatic carbocycles. The van der Waals surface area contributed by atoms with Crippen molar-refractivity contribution in [2.75, 3.05) is 72.6 Å². The fourth-order valence-electron chi connectivity index (χ4n) is 2.89. The van der Waals surface area contributed by atoms with E-state index in [-0.39, 0.29) is 0 Å². The van der Waals surface area contributed by atoms with Crippen LogP contribution in [0.15, 0.2) is 4.99 Å². The molecule has 0 radical (unpaired) electrons. The van der Waals surface area contributed by atoms with Gasteiger partial charge in [0.15, 0.2) is 5.96 Å². The molecule has 0 aromatic heterocycles. The maximum atomic E-state index is 5.66. The number of guanidine groups is 1. The highest BCUT2D eigenvalue weighted by atomic mass is 16.5. The summed E-state index contributed by atoms with van der Waals surface area (Å²) in [5.74, 6) is 1.79. The van der Waals surface area contributed by atoms with Crippen LogP contribution in [-0.4, -0.2) is 88.4 Å². The summed E-state index contributed by atoms with van der Waals surface area (Å²) in [4.78, 5) is 9.61. The van der Waals surface area contributed by atoms with E-state index in [9.17, 15) is 0 Å². The lowest BCUT2D eigenvalue weighted by Crippen LogP contribution is -2.42. The Morgan fingerprint density at radius 2 is 2.04 bits per heavy atom. The van der Waals surface area contributed by atoms with Gasteiger partial charge < -0.3 is 25.2 Å². The van der Waals surface area contributed by atoms with Gasteiger partial charge in [-0.1, -0.05) is 0 Å². The molecule has 1 heterocycles. The number of likely N-dealkylation sites (N-methyl/N-ethyl adjacent to an activating group) is 1. The van der Waals surface area contributed by atoms with Crippen LogP contribution in [0.2, 0.25) is 0 Å². The number of nitrogens with zero attached hydrogens (tertiary/aromatic N) is 3. The molecule has 0 aromatic rings. The molecular formula is C18H37N5O. The molecule has 0 bridgehead atoms. The maximum absolute atomic E-state index is 5.66. The maximum Gasteiger partial charge on any atom is 0.191 e. The molecular weight excluding hydrogens is 302 g/mol. The van der Waals surface area contributed by atoms with Crippen molar-refractivity contribution in [2.45, 2.75) is 32.6 Å². The van der Waals surface area contributed by atoms with Crippen molar-refractivity contribution in [2.24, 2.45) is 10.9 Å². The molecule has 0 atom stereocenters. The van der Waals surface area contributed by atoms with E-state index in [4.69, 9.17) is 4.74 Å². The van der Waals surface area contributed by atoms with Gasteiger partial charge in [0, 0.05) is 52.5 Å². The summed E-state index contributed by atoms with van der Waals surface area (Å²) in [6.45, 7) is 12.4. The van der Waals surface area contributed by atoms with Crippen molar-refractivity contribution in [1.29, 1.82) is 0 Å². The smallest absolute Gasteiger partial charge is 0.191 e. The quantitative estimate of drug-likeness (QED) is 0.353. The van der Waals surface area contributed by atoms with Crippen molar-refractivity contribution < 1.29 is 4.74 Å². The lowest BCUT2D eigenvalue weighted by molar-refractivity contribution is 0.123. The second kappa shape index (κ2) is 11.7. The van der Waals surface area contributed by atoms with Gasteiger partial charge in [0.05, 0.1) is 0 Å². The lowest BCUT2D eigenvalue weighted by atomic mass is 10.4. The first-order valence-corrected chi connectivity index (χ1v) is 9.78. The largest absolute Gasteiger partial charge is 0.381 e. The number of aliphatic imine (C=N–C) groups is 1. The van der Waals surface area contributed by atoms with Gasteiger partial charge in [0.25, 0.3) is 0 Å². The van der Waals surface area contributed by atoms with Gasteiger partial charge in [-0.25, -0.2) is 0 Å². The van der Waals surface area contributed by atoms with Gasteiger partial charge in [-0.15, -0.1) is 0 Å². The molecule has 1 aliphatic heterocycles. The number of ether oxygens (including phenoxy) is 1. The third-order valence-corrected chi connectivity index (χ3v) is 4.64. The Morgan fingerprint density at radius 3 is 2.83 bits per heavy atom. The van der Waals surface area contributed by atoms with Gasteiger partial charge in [0.2, 0.25) is 0 Å². The molecule has 140 valence electrons. The third kappa shape index (κ3) is 8.85. The summed E-state index contributed by atoms with van der Waals surface area (Å²) in [5.41, 5.74) is 0. The zero-order valence-corrected chi connectivity index (χ0v) is 15.7. The Kier molecular flexibility index (Phi) is 9.46. The molecule has 0 aromatic carbocycles. The van der Waals surface area contributed by atoms with Gasteiger partial charge in [-0.05, 0) is 58.7 Å². The van der Waals surface area contributed by atoms with Crippen LogP contribution in [0.4, 0.5) is 0 Å². The molecule has 2 fully saturated rings. The molecule has 1 saturated carbocycles. The number of nitrogens with one attached hydrogen (secondary N) is 2. The van der Waals surface area contributed by atoms with Crippen LogP contribution in [0.5, 0.6) is 0 Å². The Morgan fingerprint density at radius 1 is 1.17 bits per heavy atom. The minimum Gasteiger partial charge on any atom is -0.381 e. The second-order valence-corrected chi connectivity index (χ2v) is 7.06. The molecule has 24 heavy (non-hydrogen) atoms. The van der Waals surface area contributed by atoms with Crippen molar-refractivity contribution in [3.8, 4) is 0 Å². The summed E-state index contributed by atoms with van der Waals surface area (Å²) in [7, 11) is 2.21. The fraction of sp³-hybridized carbons (Fsp3) is 0.944. The molecule has 0 unspecified atom stereocenters. The number of hydrogen-bond donors (Lipinski definition) is 2. The van der Waals surface area contributed by atoms with Gasteiger partial charge in [0.1, 0.15) is 0 Å². The monoisotopic (exact) mass is 339 g/mol. The highest BCUT2D eigenvalue weighted by Crippen LogP contribution is 2.28. The summed E-state index contributed by atoms with van der Waals surface area (Å²) in [6.07, 6.45) is 4.99. The average Bonchev–Trinajstić information content (AvgIpc) is 3.40. The zero-order chi connectivity index (χ0) is 17.0. The summed E-state index contributed by atoms with van der Waals surface area (Å²) in [6, 6.07) is 0. The van der Waals surface area contributed by atoms with E-state index in [1.54, 1.807) is 0 Å². The van der Waals surface area contributed by atoms with Crippen LogP contribution in [-0.2, 0) is 4.74 Å². The SMILES string of the molecule is CCNC(=NCCCOCC1CC1)NCCN1CCCN(C)CC1. The summed E-state index contributed by atoms with van der Waals surface area (Å²) < 4.78 is 5.66. The molecule has 2 N–H and O–H groups in total. The molecule has 6 nitrogen and oxygen atoms in total. The second-order valence-electron chi connectivity index (χ2n) is 7.06. The van der Waals surface area contributed by atoms with E-state index in [1.807, 2.05) is 0 Å². The molecule has 1 saturated heterocycles. The summed E-state index contributed by atoms with van der Waals surface area (Å²) >= 11 is 0. The van der Waals surface area contributed by atoms with Crippen molar-refractivity contribution in [3.63, 3.8) is 0 Å². The fourth-order valence-corrected chi connectivity index (χ4v) is 2.89. The van der Waals surface area contributed by atoms with E-state index >= 15 is 0 Å². The first-order chi connectivity index (χ1) is 11.8. The Labute approximate surface area is 148 Å². The summed E-state index contributed by atoms with van der Waals surface area (Å²) in [5, 5.41) is 6.79. The van der Waals surface area contributed by atoms with E-state index in [0.717, 1.165) is 57.7 Å². The first-order valence-electron chi connectivity index (χ1n) is 9.78. The van der Waals surface area contributed by atoms with E-state index in [2.05, 4.69) is 39.4 Å². The highest BCUT2D eigenvalue weighted by Gasteiger charge is 2.20. The topological polar surface area (TPSA) is 52.1 Å². The predicted octanol–water partition coefficient (Wildman–Crippen LogP) is 0.996. The standard InChI is InChI=1S/C18H37N5O/c1-3-19-18(20-8-4-15-24-16-17-6-7-17)21-9-12-23-11-5-10-22(2)13-14-23/h17H,3-16H2,1-2H3,(H2,19,20,21). The van der Waals surface area contributed by atoms with Crippen molar-refractivity contribution >= 4 is 5.96 Å². The van der Waals surface area contributed by atoms with Crippen LogP contribution in [0.3, 0.4) is 0 Å². The van der Waals surface area contributed by atoms with Crippen LogP contribution in [0.1, 0.15) is 32.6 Å². The van der Waals surface area contributed by atoms with E-state index in [1.165, 1.54) is 45.4 Å². The van der Waals surface area contributed by atoms with Gasteiger partial charge in [-0.3, -0.25) is 4.99 Å². The number of hydrogen-bond acceptors (Lipinski definition) is 4. The average molecular weight is 340 g/mol. The minimum absolute atomic E-state index is 0.828. The van der Waals surface area contributed by atoms with E-state index < -0.39 is 0 Å². The van der Waals surface area contributed by atoms with E-state index in [0.29, 0.717) is 0 Å². The van der Waals surface area contributed by atoms with Gasteiger partial charge in [-0.2, -0.15) is 0 Å². The molecule has 0 amide bonds. The van der Waals surface area contributed by atoms with Crippen molar-refractivity contribution in [1.82, 2.24) is 20.4 Å². The normalized spacial score (nSPS) is 20.8. The molecule has 2 rings (SSSR count). The minimum atomic E-state index is 0.828. The Hall–Kier alpha value is -0.850.